The number of benzene rings is 3. The predicted octanol–water partition coefficient (Wildman–Crippen LogP) is 6.14. The van der Waals surface area contributed by atoms with Crippen LogP contribution in [0.1, 0.15) is 52.4 Å². The van der Waals surface area contributed by atoms with E-state index in [4.69, 9.17) is 16.4 Å². The van der Waals surface area contributed by atoms with Crippen molar-refractivity contribution in [2.45, 2.75) is 31.8 Å². The fraction of sp³-hybridized carbons (Fsp3) is 0.273. The summed E-state index contributed by atoms with van der Waals surface area (Å²) in [6.07, 6.45) is -9.97. The summed E-state index contributed by atoms with van der Waals surface area (Å²) in [4.78, 5) is 0. The molecule has 0 heterocycles. The van der Waals surface area contributed by atoms with Gasteiger partial charge in [-0.3, -0.25) is 0 Å². The topological polar surface area (TPSA) is 12.0 Å². The second kappa shape index (κ2) is 7.92. The van der Waals surface area contributed by atoms with E-state index in [1.54, 1.807) is 24.3 Å². The second-order valence-corrected chi connectivity index (χ2v) is 5.30. The SMILES string of the molecule is [2H]c1c([2H])c(C(F)(F)F)c([2H])c(C([2H])([2H])CC([2H])([2H])N[C@@]([2H])(c2cccc3ccccc23)C([2H])([2H])[2H])c1[2H]. The highest BCUT2D eigenvalue weighted by atomic mass is 19.4. The van der Waals surface area contributed by atoms with Gasteiger partial charge in [0.2, 0.25) is 0 Å². The molecule has 3 aromatic carbocycles. The first-order chi connectivity index (χ1) is 17.1. The Morgan fingerprint density at radius 1 is 1.19 bits per heavy atom. The van der Waals surface area contributed by atoms with Crippen LogP contribution in [-0.2, 0) is 12.5 Å². The lowest BCUT2D eigenvalue weighted by Gasteiger charge is -2.17. The Bertz CT molecular complexity index is 1370. The Labute approximate surface area is 168 Å². The van der Waals surface area contributed by atoms with Crippen LogP contribution < -0.4 is 5.32 Å². The lowest BCUT2D eigenvalue weighted by molar-refractivity contribution is -0.137. The first-order valence-corrected chi connectivity index (χ1v) is 7.60. The van der Waals surface area contributed by atoms with Crippen LogP contribution in [0.15, 0.2) is 66.6 Å². The van der Waals surface area contributed by atoms with Crippen molar-refractivity contribution in [1.29, 1.82) is 0 Å². The highest BCUT2D eigenvalue weighted by molar-refractivity contribution is 5.86. The van der Waals surface area contributed by atoms with Gasteiger partial charge in [-0.05, 0) is 54.1 Å². The van der Waals surface area contributed by atoms with Crippen LogP contribution in [0.5, 0.6) is 0 Å². The third-order valence-corrected chi connectivity index (χ3v) is 3.53. The van der Waals surface area contributed by atoms with Gasteiger partial charge in [-0.15, -0.1) is 0 Å². The standard InChI is InChI=1S/C22H22F3N/c1-16(20-13-5-10-18-9-2-3-12-21(18)20)26-14-6-8-17-7-4-11-19(15-17)22(23,24)25/h2-5,7,9-13,15-16,26H,6,8,14H2,1H3/t16-/m1/s1/i1D3,4D,7D,8D2,11D,14D2,15D,16D. The minimum absolute atomic E-state index is 0.159. The smallest absolute Gasteiger partial charge is 0.310 e. The molecule has 3 rings (SSSR count). The third kappa shape index (κ3) is 4.44. The largest absolute Gasteiger partial charge is 0.416 e. The number of nitrogens with one attached hydrogen (secondary N) is 1. The van der Waals surface area contributed by atoms with Crippen molar-refractivity contribution in [3.63, 3.8) is 0 Å². The van der Waals surface area contributed by atoms with Gasteiger partial charge in [0.25, 0.3) is 0 Å². The molecule has 0 saturated carbocycles. The maximum atomic E-state index is 13.5. The van der Waals surface area contributed by atoms with Crippen LogP contribution in [0.3, 0.4) is 0 Å². The molecule has 26 heavy (non-hydrogen) atoms. The van der Waals surface area contributed by atoms with E-state index in [1.165, 1.54) is 18.2 Å². The summed E-state index contributed by atoms with van der Waals surface area (Å²) in [5, 5.41) is 2.86. The molecule has 136 valence electrons. The average molecular weight is 369 g/mol. The van der Waals surface area contributed by atoms with Gasteiger partial charge in [-0.1, -0.05) is 60.6 Å². The summed E-state index contributed by atoms with van der Waals surface area (Å²) in [6, 6.07) is 2.37. The maximum absolute atomic E-state index is 13.5. The zero-order chi connectivity index (χ0) is 29.1. The zero-order valence-corrected chi connectivity index (χ0v) is 13.4. The minimum Gasteiger partial charge on any atom is -0.310 e. The fourth-order valence-corrected chi connectivity index (χ4v) is 2.35. The quantitative estimate of drug-likeness (QED) is 0.550. The predicted molar refractivity (Wildman–Crippen MR) is 100 cm³/mol. The third-order valence-electron chi connectivity index (χ3n) is 3.53. The molecule has 1 nitrogen and oxygen atoms in total. The van der Waals surface area contributed by atoms with Gasteiger partial charge in [-0.2, -0.15) is 13.2 Å². The molecule has 0 aromatic heterocycles. The second-order valence-electron chi connectivity index (χ2n) is 5.30. The van der Waals surface area contributed by atoms with Gasteiger partial charge in [0, 0.05) is 15.6 Å². The Morgan fingerprint density at radius 3 is 2.81 bits per heavy atom. The average Bonchev–Trinajstić information content (AvgIpc) is 2.74. The van der Waals surface area contributed by atoms with Crippen molar-refractivity contribution in [3.05, 3.63) is 83.3 Å². The lowest BCUT2D eigenvalue weighted by Crippen LogP contribution is -2.20. The number of fused-ring (bicyclic) bond motifs is 1. The molecular formula is C22H22F3N. The molecule has 0 aliphatic rings. The van der Waals surface area contributed by atoms with E-state index in [-0.39, 0.29) is 5.56 Å². The summed E-state index contributed by atoms with van der Waals surface area (Å²) in [5.41, 5.74) is -3.38. The van der Waals surface area contributed by atoms with Crippen molar-refractivity contribution in [2.24, 2.45) is 0 Å². The van der Waals surface area contributed by atoms with Gasteiger partial charge in [0.15, 0.2) is 0 Å². The molecule has 4 heteroatoms. The Balaban J connectivity index is 2.13. The molecule has 0 unspecified atom stereocenters. The number of hydrogen-bond acceptors (Lipinski definition) is 1. The van der Waals surface area contributed by atoms with Gasteiger partial charge in [0.1, 0.15) is 0 Å². The first-order valence-electron chi connectivity index (χ1n) is 13.6. The van der Waals surface area contributed by atoms with E-state index in [9.17, 15) is 13.2 Å². The summed E-state index contributed by atoms with van der Waals surface area (Å²) in [5.74, 6) is 0. The van der Waals surface area contributed by atoms with Crippen molar-refractivity contribution in [3.8, 4) is 0 Å². The van der Waals surface area contributed by atoms with Gasteiger partial charge in [-0.25, -0.2) is 0 Å². The van der Waals surface area contributed by atoms with Gasteiger partial charge < -0.3 is 5.32 Å². The summed E-state index contributed by atoms with van der Waals surface area (Å²) in [7, 11) is 0. The summed E-state index contributed by atoms with van der Waals surface area (Å²) < 4.78 is 138. The zero-order valence-electron chi connectivity index (χ0n) is 25.4. The highest BCUT2D eigenvalue weighted by Crippen LogP contribution is 2.29. The summed E-state index contributed by atoms with van der Waals surface area (Å²) in [6.45, 7) is -6.31. The molecule has 0 amide bonds. The number of hydrogen-bond donors (Lipinski definition) is 1. The minimum atomic E-state index is -5.33. The molecule has 1 atom stereocenters. The van der Waals surface area contributed by atoms with E-state index in [0.717, 1.165) is 0 Å². The molecule has 0 bridgehead atoms. The fourth-order valence-electron chi connectivity index (χ4n) is 2.35. The molecule has 1 N–H and O–H groups in total. The molecule has 0 spiro atoms. The molecular weight excluding hydrogens is 335 g/mol. The van der Waals surface area contributed by atoms with Crippen LogP contribution in [0, 0.1) is 0 Å². The monoisotopic (exact) mass is 369 g/mol. The van der Waals surface area contributed by atoms with Gasteiger partial charge in [0.05, 0.1) is 12.4 Å². The van der Waals surface area contributed by atoms with Crippen molar-refractivity contribution in [2.75, 3.05) is 6.50 Å². The molecule has 0 radical (unpaired) electrons. The van der Waals surface area contributed by atoms with Crippen LogP contribution >= 0.6 is 0 Å². The Morgan fingerprint density at radius 2 is 2.00 bits per heavy atom. The Hall–Kier alpha value is -2.33. The van der Waals surface area contributed by atoms with E-state index < -0.39 is 73.6 Å². The van der Waals surface area contributed by atoms with E-state index in [0.29, 0.717) is 10.8 Å². The van der Waals surface area contributed by atoms with Crippen LogP contribution in [0.25, 0.3) is 10.8 Å². The molecule has 3 aromatic rings. The molecule has 0 fully saturated rings. The van der Waals surface area contributed by atoms with E-state index in [1.807, 2.05) is 5.32 Å². The maximum Gasteiger partial charge on any atom is 0.416 e. The molecule has 0 aliphatic carbocycles. The van der Waals surface area contributed by atoms with Crippen LogP contribution in [0.2, 0.25) is 0 Å². The van der Waals surface area contributed by atoms with Crippen molar-refractivity contribution in [1.82, 2.24) is 5.32 Å². The molecule has 0 saturated heterocycles. The van der Waals surface area contributed by atoms with Crippen molar-refractivity contribution >= 4 is 10.8 Å². The normalized spacial score (nSPS) is 22.6. The number of rotatable bonds is 6. The van der Waals surface area contributed by atoms with E-state index in [2.05, 4.69) is 0 Å². The van der Waals surface area contributed by atoms with Crippen LogP contribution in [0.4, 0.5) is 13.2 Å². The van der Waals surface area contributed by atoms with Crippen LogP contribution in [-0.4, -0.2) is 6.50 Å². The lowest BCUT2D eigenvalue weighted by atomic mass is 9.99. The summed E-state index contributed by atoms with van der Waals surface area (Å²) >= 11 is 0. The Kier molecular flexibility index (Phi) is 2.61. The molecule has 0 aliphatic heterocycles. The highest BCUT2D eigenvalue weighted by Gasteiger charge is 2.30. The number of halogens is 3. The van der Waals surface area contributed by atoms with Crippen molar-refractivity contribution < 1.29 is 29.6 Å². The number of alkyl halides is 3. The van der Waals surface area contributed by atoms with Gasteiger partial charge >= 0.3 is 6.18 Å². The first kappa shape index (κ1) is 8.57. The van der Waals surface area contributed by atoms with E-state index >= 15 is 0 Å².